The van der Waals surface area contributed by atoms with Gasteiger partial charge in [0.05, 0.1) is 16.9 Å². The van der Waals surface area contributed by atoms with Gasteiger partial charge in [-0.3, -0.25) is 9.59 Å². The van der Waals surface area contributed by atoms with E-state index >= 15 is 0 Å². The van der Waals surface area contributed by atoms with Crippen LogP contribution in [0.15, 0.2) is 62.8 Å². The fourth-order valence-corrected chi connectivity index (χ4v) is 5.85. The van der Waals surface area contributed by atoms with Crippen LogP contribution in [0.25, 0.3) is 11.5 Å². The number of sulfonamides is 1. The number of rotatable bonds is 4. The molecule has 1 N–H and O–H groups in total. The number of aromatic amines is 1. The van der Waals surface area contributed by atoms with Crippen LogP contribution in [0.5, 0.6) is 0 Å². The molecule has 1 aliphatic carbocycles. The van der Waals surface area contributed by atoms with Crippen molar-refractivity contribution in [3.05, 3.63) is 75.8 Å². The van der Waals surface area contributed by atoms with Gasteiger partial charge in [-0.1, -0.05) is 6.07 Å². The van der Waals surface area contributed by atoms with Crippen LogP contribution < -0.4 is 5.56 Å². The number of hydrogen-bond donors (Lipinski definition) is 1. The van der Waals surface area contributed by atoms with E-state index in [1.807, 2.05) is 6.07 Å². The maximum absolute atomic E-state index is 13.1. The lowest BCUT2D eigenvalue weighted by Crippen LogP contribution is -2.51. The Bertz CT molecular complexity index is 1320. The quantitative estimate of drug-likeness (QED) is 0.653. The molecule has 0 atom stereocenters. The number of carbonyl (C=O) groups is 1. The minimum atomic E-state index is -3.62. The molecule has 1 amide bonds. The van der Waals surface area contributed by atoms with Crippen LogP contribution in [0.3, 0.4) is 0 Å². The third-order valence-corrected chi connectivity index (χ3v) is 8.05. The summed E-state index contributed by atoms with van der Waals surface area (Å²) in [5.74, 6) is 0.0956. The summed E-state index contributed by atoms with van der Waals surface area (Å²) in [5.41, 5.74) is 2.34. The summed E-state index contributed by atoms with van der Waals surface area (Å²) >= 11 is 0. The van der Waals surface area contributed by atoms with Crippen LogP contribution in [0.4, 0.5) is 0 Å². The molecule has 5 rings (SSSR count). The average molecular weight is 454 g/mol. The van der Waals surface area contributed by atoms with Crippen molar-refractivity contribution in [2.75, 3.05) is 26.2 Å². The molecule has 3 aromatic rings. The van der Waals surface area contributed by atoms with Gasteiger partial charge in [-0.25, -0.2) is 8.42 Å². The Labute approximate surface area is 185 Å². The number of furan rings is 1. The molecule has 0 unspecified atom stereocenters. The highest BCUT2D eigenvalue weighted by Gasteiger charge is 2.31. The molecule has 1 fully saturated rings. The van der Waals surface area contributed by atoms with E-state index in [0.29, 0.717) is 16.3 Å². The topological polar surface area (TPSA) is 104 Å². The van der Waals surface area contributed by atoms with Gasteiger partial charge in [-0.05, 0) is 66.8 Å². The summed E-state index contributed by atoms with van der Waals surface area (Å²) in [6, 6.07) is 11.9. The SMILES string of the molecule is O=C(c1ccc(-c2ccco2)[nH]c1=O)N1CCN(S(=O)(=O)c2ccc3c(c2)CCC3)CC1. The molecule has 3 heterocycles. The number of carbonyl (C=O) groups excluding carboxylic acids is 1. The zero-order valence-electron chi connectivity index (χ0n) is 17.4. The lowest BCUT2D eigenvalue weighted by atomic mass is 10.1. The van der Waals surface area contributed by atoms with E-state index in [-0.39, 0.29) is 31.7 Å². The van der Waals surface area contributed by atoms with Gasteiger partial charge >= 0.3 is 0 Å². The summed E-state index contributed by atoms with van der Waals surface area (Å²) < 4.78 is 32.9. The Kier molecular flexibility index (Phi) is 5.22. The van der Waals surface area contributed by atoms with Gasteiger partial charge in [0.2, 0.25) is 10.0 Å². The van der Waals surface area contributed by atoms with Gasteiger partial charge in [0, 0.05) is 26.2 Å². The molecule has 0 bridgehead atoms. The van der Waals surface area contributed by atoms with Crippen LogP contribution in [0, 0.1) is 0 Å². The van der Waals surface area contributed by atoms with Crippen LogP contribution in [0.1, 0.15) is 27.9 Å². The number of piperazine rings is 1. The van der Waals surface area contributed by atoms with Gasteiger partial charge in [-0.15, -0.1) is 0 Å². The Morgan fingerprint density at radius 3 is 2.47 bits per heavy atom. The largest absolute Gasteiger partial charge is 0.463 e. The number of nitrogens with one attached hydrogen (secondary N) is 1. The molecule has 9 heteroatoms. The minimum Gasteiger partial charge on any atom is -0.463 e. The highest BCUT2D eigenvalue weighted by atomic mass is 32.2. The predicted octanol–water partition coefficient (Wildman–Crippen LogP) is 2.27. The highest BCUT2D eigenvalue weighted by Crippen LogP contribution is 2.27. The zero-order valence-corrected chi connectivity index (χ0v) is 18.2. The van der Waals surface area contributed by atoms with Crippen molar-refractivity contribution < 1.29 is 17.6 Å². The second kappa shape index (κ2) is 8.07. The summed E-state index contributed by atoms with van der Waals surface area (Å²) in [5, 5.41) is 0. The maximum atomic E-state index is 13.1. The van der Waals surface area contributed by atoms with Crippen LogP contribution >= 0.6 is 0 Å². The van der Waals surface area contributed by atoms with Crippen molar-refractivity contribution in [3.8, 4) is 11.5 Å². The van der Waals surface area contributed by atoms with Crippen molar-refractivity contribution in [2.45, 2.75) is 24.2 Å². The number of H-pyrrole nitrogens is 1. The molecule has 0 saturated carbocycles. The van der Waals surface area contributed by atoms with E-state index in [1.165, 1.54) is 27.1 Å². The van der Waals surface area contributed by atoms with Crippen molar-refractivity contribution in [2.24, 2.45) is 0 Å². The number of nitrogens with zero attached hydrogens (tertiary/aromatic N) is 2. The minimum absolute atomic E-state index is 0.0234. The fourth-order valence-electron chi connectivity index (χ4n) is 4.38. The van der Waals surface area contributed by atoms with Gasteiger partial charge in [0.25, 0.3) is 11.5 Å². The Hall–Kier alpha value is -3.17. The van der Waals surface area contributed by atoms with E-state index in [9.17, 15) is 18.0 Å². The molecule has 0 radical (unpaired) electrons. The molecule has 2 aliphatic rings. The first kappa shape index (κ1) is 20.7. The number of amides is 1. The van der Waals surface area contributed by atoms with Crippen molar-refractivity contribution >= 4 is 15.9 Å². The first-order chi connectivity index (χ1) is 15.4. The van der Waals surface area contributed by atoms with Crippen molar-refractivity contribution in [1.29, 1.82) is 0 Å². The summed E-state index contributed by atoms with van der Waals surface area (Å²) in [4.78, 5) is 29.9. The predicted molar refractivity (Wildman–Crippen MR) is 118 cm³/mol. The molecule has 1 saturated heterocycles. The molecule has 32 heavy (non-hydrogen) atoms. The van der Waals surface area contributed by atoms with Crippen LogP contribution in [0.2, 0.25) is 0 Å². The molecular formula is C23H23N3O5S. The van der Waals surface area contributed by atoms with Crippen molar-refractivity contribution in [1.82, 2.24) is 14.2 Å². The second-order valence-corrected chi connectivity index (χ2v) is 10.0. The second-order valence-electron chi connectivity index (χ2n) is 8.07. The van der Waals surface area contributed by atoms with E-state index in [2.05, 4.69) is 4.98 Å². The van der Waals surface area contributed by atoms with Crippen LogP contribution in [-0.4, -0.2) is 54.7 Å². The van der Waals surface area contributed by atoms with E-state index in [1.54, 1.807) is 30.3 Å². The monoisotopic (exact) mass is 453 g/mol. The molecule has 166 valence electrons. The Morgan fingerprint density at radius 2 is 1.75 bits per heavy atom. The highest BCUT2D eigenvalue weighted by molar-refractivity contribution is 7.89. The molecular weight excluding hydrogens is 430 g/mol. The first-order valence-corrected chi connectivity index (χ1v) is 12.1. The van der Waals surface area contributed by atoms with Gasteiger partial charge in [0.15, 0.2) is 0 Å². The molecule has 0 spiro atoms. The van der Waals surface area contributed by atoms with E-state index in [0.717, 1.165) is 24.8 Å². The zero-order chi connectivity index (χ0) is 22.3. The standard InChI is InChI=1S/C23H23N3O5S/c27-22-19(8-9-20(24-22)21-5-2-14-31-21)23(28)25-10-12-26(13-11-25)32(29,30)18-7-6-16-3-1-4-17(16)15-18/h2,5-9,14-15H,1,3-4,10-13H2,(H,24,27). The first-order valence-electron chi connectivity index (χ1n) is 10.6. The Morgan fingerprint density at radius 1 is 0.969 bits per heavy atom. The lowest BCUT2D eigenvalue weighted by molar-refractivity contribution is 0.0696. The Balaban J connectivity index is 1.28. The van der Waals surface area contributed by atoms with Gasteiger partial charge < -0.3 is 14.3 Å². The smallest absolute Gasteiger partial charge is 0.261 e. The van der Waals surface area contributed by atoms with E-state index < -0.39 is 21.5 Å². The number of fused-ring (bicyclic) bond motifs is 1. The molecule has 2 aromatic heterocycles. The normalized spacial score (nSPS) is 16.8. The fraction of sp³-hybridized carbons (Fsp3) is 0.304. The third-order valence-electron chi connectivity index (χ3n) is 6.16. The number of benzene rings is 1. The lowest BCUT2D eigenvalue weighted by Gasteiger charge is -2.34. The summed E-state index contributed by atoms with van der Waals surface area (Å²) in [6.45, 7) is 0.825. The van der Waals surface area contributed by atoms with Crippen LogP contribution in [-0.2, 0) is 22.9 Å². The van der Waals surface area contributed by atoms with Gasteiger partial charge in [0.1, 0.15) is 11.3 Å². The van der Waals surface area contributed by atoms with Gasteiger partial charge in [-0.2, -0.15) is 4.31 Å². The van der Waals surface area contributed by atoms with Crippen molar-refractivity contribution in [3.63, 3.8) is 0 Å². The summed E-state index contributed by atoms with van der Waals surface area (Å²) in [7, 11) is -3.62. The number of hydrogen-bond acceptors (Lipinski definition) is 5. The number of pyridine rings is 1. The summed E-state index contributed by atoms with van der Waals surface area (Å²) in [6.07, 6.45) is 4.47. The van der Waals surface area contributed by atoms with E-state index in [4.69, 9.17) is 4.42 Å². The third kappa shape index (κ3) is 3.67. The average Bonchev–Trinajstić information content (AvgIpc) is 3.50. The molecule has 1 aliphatic heterocycles. The number of aryl methyl sites for hydroxylation is 2. The maximum Gasteiger partial charge on any atom is 0.261 e. The molecule has 8 nitrogen and oxygen atoms in total. The molecule has 1 aromatic carbocycles. The number of aromatic nitrogens is 1.